The van der Waals surface area contributed by atoms with Crippen LogP contribution in [0.3, 0.4) is 0 Å². The smallest absolute Gasteiger partial charge is 0.224 e. The van der Waals surface area contributed by atoms with Gasteiger partial charge in [0.2, 0.25) is 5.91 Å². The quantitative estimate of drug-likeness (QED) is 0.879. The highest BCUT2D eigenvalue weighted by molar-refractivity contribution is 5.78. The zero-order valence-electron chi connectivity index (χ0n) is 13.4. The second-order valence-corrected chi connectivity index (χ2v) is 6.19. The summed E-state index contributed by atoms with van der Waals surface area (Å²) in [6, 6.07) is 7.90. The van der Waals surface area contributed by atoms with E-state index in [4.69, 9.17) is 0 Å². The number of β-amino-alcohol motifs (C(OH)–C–C–N with tert-alkyl or cyclic N) is 1. The first-order valence-corrected chi connectivity index (χ1v) is 8.08. The zero-order chi connectivity index (χ0) is 16.4. The fourth-order valence-corrected chi connectivity index (χ4v) is 3.26. The standard InChI is InChI=1S/C17H23N3O3/c1-12-18-14-4-2-3-5-15(14)20(12)9-7-17(23)19-8-6-13(11-21)16(22)10-19/h2-5,13,16,21-22H,6-11H2,1H3/t13-,16+/m1/s1. The minimum atomic E-state index is -0.631. The van der Waals surface area contributed by atoms with Crippen LogP contribution >= 0.6 is 0 Å². The van der Waals surface area contributed by atoms with E-state index in [-0.39, 0.29) is 18.4 Å². The van der Waals surface area contributed by atoms with Gasteiger partial charge in [0.15, 0.2) is 0 Å². The molecule has 1 amide bonds. The van der Waals surface area contributed by atoms with E-state index in [1.807, 2.05) is 31.2 Å². The molecule has 2 aromatic rings. The Hall–Kier alpha value is -1.92. The van der Waals surface area contributed by atoms with E-state index in [1.165, 1.54) is 0 Å². The highest BCUT2D eigenvalue weighted by Gasteiger charge is 2.29. The Balaban J connectivity index is 1.64. The lowest BCUT2D eigenvalue weighted by molar-refractivity contribution is -0.136. The molecule has 6 nitrogen and oxygen atoms in total. The van der Waals surface area contributed by atoms with Gasteiger partial charge in [0.05, 0.1) is 17.1 Å². The van der Waals surface area contributed by atoms with Crippen LogP contribution in [0, 0.1) is 12.8 Å². The number of imidazole rings is 1. The molecule has 0 radical (unpaired) electrons. The number of fused-ring (bicyclic) bond motifs is 1. The first kappa shape index (κ1) is 16.0. The third-order valence-electron chi connectivity index (χ3n) is 4.70. The number of aliphatic hydroxyl groups is 2. The summed E-state index contributed by atoms with van der Waals surface area (Å²) in [7, 11) is 0. The molecule has 0 bridgehead atoms. The van der Waals surface area contributed by atoms with Crippen LogP contribution in [0.15, 0.2) is 24.3 Å². The monoisotopic (exact) mass is 317 g/mol. The van der Waals surface area contributed by atoms with Crippen molar-refractivity contribution in [3.05, 3.63) is 30.1 Å². The summed E-state index contributed by atoms with van der Waals surface area (Å²) in [4.78, 5) is 18.6. The summed E-state index contributed by atoms with van der Waals surface area (Å²) in [5.74, 6) is 0.828. The Morgan fingerprint density at radius 3 is 2.91 bits per heavy atom. The molecule has 0 saturated carbocycles. The predicted molar refractivity (Wildman–Crippen MR) is 86.9 cm³/mol. The lowest BCUT2D eigenvalue weighted by Crippen LogP contribution is -2.47. The first-order chi connectivity index (χ1) is 11.1. The minimum absolute atomic E-state index is 0.0244. The van der Waals surface area contributed by atoms with Crippen LogP contribution in [0.2, 0.25) is 0 Å². The van der Waals surface area contributed by atoms with E-state index in [9.17, 15) is 15.0 Å². The number of hydrogen-bond acceptors (Lipinski definition) is 4. The number of carbonyl (C=O) groups is 1. The summed E-state index contributed by atoms with van der Waals surface area (Å²) in [5, 5.41) is 19.1. The van der Waals surface area contributed by atoms with Gasteiger partial charge in [-0.1, -0.05) is 12.1 Å². The second kappa shape index (κ2) is 6.68. The number of aromatic nitrogens is 2. The molecule has 1 aliphatic rings. The number of rotatable bonds is 4. The van der Waals surface area contributed by atoms with Gasteiger partial charge in [-0.25, -0.2) is 4.98 Å². The Morgan fingerprint density at radius 1 is 1.39 bits per heavy atom. The summed E-state index contributed by atoms with van der Waals surface area (Å²) < 4.78 is 2.06. The number of aliphatic hydroxyl groups excluding tert-OH is 2. The SMILES string of the molecule is Cc1nc2ccccc2n1CCC(=O)N1CC[C@H](CO)[C@@H](O)C1. The van der Waals surface area contributed by atoms with Crippen molar-refractivity contribution in [3.63, 3.8) is 0 Å². The van der Waals surface area contributed by atoms with E-state index in [2.05, 4.69) is 9.55 Å². The average Bonchev–Trinajstić information content (AvgIpc) is 2.87. The first-order valence-electron chi connectivity index (χ1n) is 8.08. The Morgan fingerprint density at radius 2 is 2.17 bits per heavy atom. The molecule has 2 atom stereocenters. The molecule has 124 valence electrons. The molecular formula is C17H23N3O3. The lowest BCUT2D eigenvalue weighted by atomic mass is 9.94. The average molecular weight is 317 g/mol. The number of carbonyl (C=O) groups excluding carboxylic acids is 1. The highest BCUT2D eigenvalue weighted by Crippen LogP contribution is 2.19. The van der Waals surface area contributed by atoms with Crippen LogP contribution in [-0.4, -0.2) is 56.4 Å². The van der Waals surface area contributed by atoms with Gasteiger partial charge < -0.3 is 19.7 Å². The number of para-hydroxylation sites is 2. The minimum Gasteiger partial charge on any atom is -0.396 e. The molecule has 6 heteroatoms. The van der Waals surface area contributed by atoms with Crippen LogP contribution in [0.4, 0.5) is 0 Å². The maximum absolute atomic E-state index is 12.4. The van der Waals surface area contributed by atoms with Crippen LogP contribution < -0.4 is 0 Å². The summed E-state index contributed by atoms with van der Waals surface area (Å²) in [5.41, 5.74) is 1.98. The number of piperidine rings is 1. The van der Waals surface area contributed by atoms with Gasteiger partial charge in [0.25, 0.3) is 0 Å². The fraction of sp³-hybridized carbons (Fsp3) is 0.529. The summed E-state index contributed by atoms with van der Waals surface area (Å²) in [6.45, 7) is 3.42. The van der Waals surface area contributed by atoms with Crippen LogP contribution in [0.1, 0.15) is 18.7 Å². The molecule has 1 aliphatic heterocycles. The molecule has 2 heterocycles. The van der Waals surface area contributed by atoms with Crippen molar-refractivity contribution in [2.45, 2.75) is 32.4 Å². The van der Waals surface area contributed by atoms with Crippen molar-refractivity contribution in [1.82, 2.24) is 14.5 Å². The molecule has 23 heavy (non-hydrogen) atoms. The summed E-state index contributed by atoms with van der Waals surface area (Å²) in [6.07, 6.45) is 0.405. The van der Waals surface area contributed by atoms with E-state index >= 15 is 0 Å². The largest absolute Gasteiger partial charge is 0.396 e. The molecule has 3 rings (SSSR count). The molecule has 1 aromatic heterocycles. The molecule has 0 aliphatic carbocycles. The Bertz CT molecular complexity index is 697. The molecule has 1 saturated heterocycles. The van der Waals surface area contributed by atoms with Crippen molar-refractivity contribution in [2.24, 2.45) is 5.92 Å². The molecule has 2 N–H and O–H groups in total. The van der Waals surface area contributed by atoms with Crippen LogP contribution in [-0.2, 0) is 11.3 Å². The molecule has 1 fully saturated rings. The maximum atomic E-state index is 12.4. The topological polar surface area (TPSA) is 78.6 Å². The molecule has 1 aromatic carbocycles. The fourth-order valence-electron chi connectivity index (χ4n) is 3.26. The van der Waals surface area contributed by atoms with Crippen LogP contribution in [0.25, 0.3) is 11.0 Å². The van der Waals surface area contributed by atoms with Gasteiger partial charge in [0.1, 0.15) is 5.82 Å². The highest BCUT2D eigenvalue weighted by atomic mass is 16.3. The van der Waals surface area contributed by atoms with Gasteiger partial charge in [-0.2, -0.15) is 0 Å². The second-order valence-electron chi connectivity index (χ2n) is 6.19. The normalized spacial score (nSPS) is 21.8. The third-order valence-corrected chi connectivity index (χ3v) is 4.70. The van der Waals surface area contributed by atoms with Crippen molar-refractivity contribution in [2.75, 3.05) is 19.7 Å². The maximum Gasteiger partial charge on any atom is 0.224 e. The number of nitrogens with zero attached hydrogens (tertiary/aromatic N) is 3. The van der Waals surface area contributed by atoms with Crippen molar-refractivity contribution >= 4 is 16.9 Å². The van der Waals surface area contributed by atoms with Gasteiger partial charge >= 0.3 is 0 Å². The third kappa shape index (κ3) is 3.23. The predicted octanol–water partition coefficient (Wildman–Crippen LogP) is 0.937. The van der Waals surface area contributed by atoms with Crippen molar-refractivity contribution in [3.8, 4) is 0 Å². The molecule has 0 spiro atoms. The van der Waals surface area contributed by atoms with Gasteiger partial charge in [-0.3, -0.25) is 4.79 Å². The Labute approximate surface area is 135 Å². The van der Waals surface area contributed by atoms with Gasteiger partial charge in [-0.15, -0.1) is 0 Å². The van der Waals surface area contributed by atoms with E-state index in [1.54, 1.807) is 4.90 Å². The van der Waals surface area contributed by atoms with E-state index in [0.717, 1.165) is 16.9 Å². The Kier molecular flexibility index (Phi) is 4.63. The van der Waals surface area contributed by atoms with E-state index in [0.29, 0.717) is 32.5 Å². The number of hydrogen-bond donors (Lipinski definition) is 2. The number of aryl methyl sites for hydroxylation is 2. The molecule has 0 unspecified atom stereocenters. The van der Waals surface area contributed by atoms with Crippen molar-refractivity contribution in [1.29, 1.82) is 0 Å². The number of benzene rings is 1. The number of amides is 1. The zero-order valence-corrected chi connectivity index (χ0v) is 13.4. The summed E-state index contributed by atoms with van der Waals surface area (Å²) >= 11 is 0. The van der Waals surface area contributed by atoms with E-state index < -0.39 is 6.10 Å². The van der Waals surface area contributed by atoms with Crippen LogP contribution in [0.5, 0.6) is 0 Å². The van der Waals surface area contributed by atoms with Crippen molar-refractivity contribution < 1.29 is 15.0 Å². The lowest BCUT2D eigenvalue weighted by Gasteiger charge is -2.35. The molecular weight excluding hydrogens is 294 g/mol. The number of likely N-dealkylation sites (tertiary alicyclic amines) is 1. The van der Waals surface area contributed by atoms with Gasteiger partial charge in [0, 0.05) is 38.6 Å². The van der Waals surface area contributed by atoms with Gasteiger partial charge in [-0.05, 0) is 25.5 Å².